The highest BCUT2D eigenvalue weighted by atomic mass is 32.1. The molecule has 6 heteroatoms. The van der Waals surface area contributed by atoms with Crippen molar-refractivity contribution in [2.75, 3.05) is 27.2 Å². The van der Waals surface area contributed by atoms with Crippen molar-refractivity contribution in [2.24, 2.45) is 5.92 Å². The molecule has 1 aromatic carbocycles. The van der Waals surface area contributed by atoms with Gasteiger partial charge in [-0.15, -0.1) is 11.3 Å². The van der Waals surface area contributed by atoms with Crippen molar-refractivity contribution in [2.45, 2.75) is 26.3 Å². The Balaban J connectivity index is 1.57. The molecule has 2 amide bonds. The maximum atomic E-state index is 12.9. The summed E-state index contributed by atoms with van der Waals surface area (Å²) in [7, 11) is 3.49. The molecular weight excluding hydrogens is 360 g/mol. The van der Waals surface area contributed by atoms with Crippen LogP contribution in [0.15, 0.2) is 35.7 Å². The lowest BCUT2D eigenvalue weighted by molar-refractivity contribution is -0.136. The van der Waals surface area contributed by atoms with Crippen LogP contribution >= 0.6 is 11.3 Å². The number of ether oxygens (including phenoxy) is 1. The molecule has 2 aromatic rings. The molecule has 1 fully saturated rings. The second-order valence-corrected chi connectivity index (χ2v) is 8.00. The fourth-order valence-corrected chi connectivity index (χ4v) is 4.25. The van der Waals surface area contributed by atoms with Gasteiger partial charge in [0.05, 0.1) is 12.0 Å². The SMILES string of the molecule is COc1ccc(C)cc1CN(C)C(=O)C1CCN(C(=O)c2cccs2)CC1. The number of carbonyl (C=O) groups excluding carboxylic acids is 2. The van der Waals surface area contributed by atoms with Gasteiger partial charge in [0, 0.05) is 38.2 Å². The first-order chi connectivity index (χ1) is 13.0. The van der Waals surface area contributed by atoms with Crippen molar-refractivity contribution in [1.29, 1.82) is 0 Å². The van der Waals surface area contributed by atoms with Crippen LogP contribution in [0, 0.1) is 12.8 Å². The first kappa shape index (κ1) is 19.4. The van der Waals surface area contributed by atoms with E-state index < -0.39 is 0 Å². The Morgan fingerprint density at radius 2 is 2.00 bits per heavy atom. The molecule has 0 saturated carbocycles. The number of hydrogen-bond donors (Lipinski definition) is 0. The lowest BCUT2D eigenvalue weighted by Crippen LogP contribution is -2.43. The van der Waals surface area contributed by atoms with Gasteiger partial charge in [-0.3, -0.25) is 9.59 Å². The summed E-state index contributed by atoms with van der Waals surface area (Å²) in [6.45, 7) is 3.83. The number of benzene rings is 1. The van der Waals surface area contributed by atoms with Crippen LogP contribution in [0.4, 0.5) is 0 Å². The van der Waals surface area contributed by atoms with Crippen LogP contribution in [0.3, 0.4) is 0 Å². The Bertz CT molecular complexity index is 796. The number of likely N-dealkylation sites (tertiary alicyclic amines) is 1. The lowest BCUT2D eigenvalue weighted by Gasteiger charge is -2.33. The van der Waals surface area contributed by atoms with Crippen LogP contribution in [0.1, 0.15) is 33.6 Å². The first-order valence-electron chi connectivity index (χ1n) is 9.21. The van der Waals surface area contributed by atoms with Gasteiger partial charge in [0.15, 0.2) is 0 Å². The highest BCUT2D eigenvalue weighted by molar-refractivity contribution is 7.12. The molecule has 0 N–H and O–H groups in total. The standard InChI is InChI=1S/C21H26N2O3S/c1-15-6-7-18(26-3)17(13-15)14-22(2)20(24)16-8-10-23(11-9-16)21(25)19-5-4-12-27-19/h4-7,12-13,16H,8-11,14H2,1-3H3. The van der Waals surface area contributed by atoms with Crippen LogP contribution in [0.2, 0.25) is 0 Å². The maximum absolute atomic E-state index is 12.9. The van der Waals surface area contributed by atoms with Crippen LogP contribution in [-0.2, 0) is 11.3 Å². The zero-order chi connectivity index (χ0) is 19.4. The van der Waals surface area contributed by atoms with Crippen LogP contribution in [0.25, 0.3) is 0 Å². The summed E-state index contributed by atoms with van der Waals surface area (Å²) in [5.74, 6) is 0.991. The number of nitrogens with zero attached hydrogens (tertiary/aromatic N) is 2. The van der Waals surface area contributed by atoms with Crippen molar-refractivity contribution >= 4 is 23.2 Å². The molecule has 1 aliphatic heterocycles. The average molecular weight is 387 g/mol. The number of methoxy groups -OCH3 is 1. The molecule has 0 unspecified atom stereocenters. The quantitative estimate of drug-likeness (QED) is 0.789. The third kappa shape index (κ3) is 4.50. The minimum atomic E-state index is -0.0295. The van der Waals surface area contributed by atoms with E-state index in [1.807, 2.05) is 48.5 Å². The maximum Gasteiger partial charge on any atom is 0.263 e. The lowest BCUT2D eigenvalue weighted by atomic mass is 9.95. The Labute approximate surface area is 164 Å². The highest BCUT2D eigenvalue weighted by Gasteiger charge is 2.30. The van der Waals surface area contributed by atoms with Gasteiger partial charge in [0.2, 0.25) is 5.91 Å². The summed E-state index contributed by atoms with van der Waals surface area (Å²) >= 11 is 1.46. The number of aryl methyl sites for hydroxylation is 1. The van der Waals surface area contributed by atoms with Gasteiger partial charge in [-0.1, -0.05) is 23.8 Å². The van der Waals surface area contributed by atoms with Gasteiger partial charge >= 0.3 is 0 Å². The molecule has 1 aromatic heterocycles. The molecule has 144 valence electrons. The number of amides is 2. The van der Waals surface area contributed by atoms with Crippen LogP contribution in [-0.4, -0.2) is 48.9 Å². The normalized spacial score (nSPS) is 14.9. The number of thiophene rings is 1. The van der Waals surface area contributed by atoms with Crippen molar-refractivity contribution < 1.29 is 14.3 Å². The van der Waals surface area contributed by atoms with Crippen molar-refractivity contribution in [3.63, 3.8) is 0 Å². The highest BCUT2D eigenvalue weighted by Crippen LogP contribution is 2.25. The molecular formula is C21H26N2O3S. The summed E-state index contributed by atoms with van der Waals surface area (Å²) < 4.78 is 5.42. The molecule has 0 aliphatic carbocycles. The van der Waals surface area contributed by atoms with E-state index in [-0.39, 0.29) is 17.7 Å². The predicted octanol–water partition coefficient (Wildman–Crippen LogP) is 3.58. The van der Waals surface area contributed by atoms with E-state index in [0.29, 0.717) is 32.5 Å². The van der Waals surface area contributed by atoms with Crippen molar-refractivity contribution in [3.05, 3.63) is 51.7 Å². The van der Waals surface area contributed by atoms with Gasteiger partial charge in [0.25, 0.3) is 5.91 Å². The Morgan fingerprint density at radius 3 is 2.63 bits per heavy atom. The largest absolute Gasteiger partial charge is 0.496 e. The first-order valence-corrected chi connectivity index (χ1v) is 10.1. The van der Waals surface area contributed by atoms with E-state index >= 15 is 0 Å². The number of rotatable bonds is 5. The zero-order valence-corrected chi connectivity index (χ0v) is 16.9. The molecule has 3 rings (SSSR count). The van der Waals surface area contributed by atoms with Crippen molar-refractivity contribution in [1.82, 2.24) is 9.80 Å². The van der Waals surface area contributed by atoms with Crippen molar-refractivity contribution in [3.8, 4) is 5.75 Å². The predicted molar refractivity (Wildman–Crippen MR) is 107 cm³/mol. The summed E-state index contributed by atoms with van der Waals surface area (Å²) in [6, 6.07) is 9.75. The summed E-state index contributed by atoms with van der Waals surface area (Å²) in [4.78, 5) is 29.7. The zero-order valence-electron chi connectivity index (χ0n) is 16.1. The summed E-state index contributed by atoms with van der Waals surface area (Å²) in [6.07, 6.45) is 1.43. The van der Waals surface area contributed by atoms with E-state index in [1.165, 1.54) is 11.3 Å². The van der Waals surface area contributed by atoms with E-state index in [9.17, 15) is 9.59 Å². The molecule has 0 spiro atoms. The van der Waals surface area contributed by atoms with Gasteiger partial charge in [-0.05, 0) is 37.3 Å². The number of hydrogen-bond acceptors (Lipinski definition) is 4. The minimum Gasteiger partial charge on any atom is -0.496 e. The van der Waals surface area contributed by atoms with E-state index in [4.69, 9.17) is 4.74 Å². The van der Waals surface area contributed by atoms with E-state index in [2.05, 4.69) is 6.07 Å². The fourth-order valence-electron chi connectivity index (χ4n) is 3.56. The molecule has 0 atom stereocenters. The monoisotopic (exact) mass is 386 g/mol. The van der Waals surface area contributed by atoms with Crippen LogP contribution < -0.4 is 4.74 Å². The Kier molecular flexibility index (Phi) is 6.16. The molecule has 0 radical (unpaired) electrons. The molecule has 5 nitrogen and oxygen atoms in total. The second-order valence-electron chi connectivity index (χ2n) is 7.05. The average Bonchev–Trinajstić information content (AvgIpc) is 3.22. The third-order valence-electron chi connectivity index (χ3n) is 5.08. The summed E-state index contributed by atoms with van der Waals surface area (Å²) in [5, 5.41) is 1.91. The molecule has 1 saturated heterocycles. The third-order valence-corrected chi connectivity index (χ3v) is 5.94. The van der Waals surface area contributed by atoms with E-state index in [1.54, 1.807) is 12.0 Å². The molecule has 2 heterocycles. The van der Waals surface area contributed by atoms with Gasteiger partial charge in [0.1, 0.15) is 5.75 Å². The van der Waals surface area contributed by atoms with Gasteiger partial charge in [-0.25, -0.2) is 0 Å². The Hall–Kier alpha value is -2.34. The van der Waals surface area contributed by atoms with Gasteiger partial charge < -0.3 is 14.5 Å². The van der Waals surface area contributed by atoms with Crippen LogP contribution in [0.5, 0.6) is 5.75 Å². The van der Waals surface area contributed by atoms with Gasteiger partial charge in [-0.2, -0.15) is 0 Å². The number of piperidine rings is 1. The molecule has 1 aliphatic rings. The van der Waals surface area contributed by atoms with E-state index in [0.717, 1.165) is 21.8 Å². The smallest absolute Gasteiger partial charge is 0.263 e. The molecule has 0 bridgehead atoms. The second kappa shape index (κ2) is 8.57. The topological polar surface area (TPSA) is 49.9 Å². The molecule has 27 heavy (non-hydrogen) atoms. The Morgan fingerprint density at radius 1 is 1.26 bits per heavy atom. The summed E-state index contributed by atoms with van der Waals surface area (Å²) in [5.41, 5.74) is 2.16. The fraction of sp³-hybridized carbons (Fsp3) is 0.429. The minimum absolute atomic E-state index is 0.0295. The number of carbonyl (C=O) groups is 2.